The van der Waals surface area contributed by atoms with Gasteiger partial charge in [-0.05, 0) is 74.6 Å². The van der Waals surface area contributed by atoms with E-state index >= 15 is 0 Å². The van der Waals surface area contributed by atoms with Crippen LogP contribution in [0.5, 0.6) is 5.75 Å². The molecule has 33 heavy (non-hydrogen) atoms. The average molecular weight is 458 g/mol. The summed E-state index contributed by atoms with van der Waals surface area (Å²) in [5.74, 6) is 0.870. The molecule has 2 aromatic carbocycles. The molecule has 0 bridgehead atoms. The number of thiophene rings is 1. The highest BCUT2D eigenvalue weighted by Gasteiger charge is 2.27. The van der Waals surface area contributed by atoms with Gasteiger partial charge in [0.05, 0.1) is 28.6 Å². The van der Waals surface area contributed by atoms with Crippen molar-refractivity contribution in [2.45, 2.75) is 33.1 Å². The molecule has 0 unspecified atom stereocenters. The molecule has 1 aliphatic carbocycles. The summed E-state index contributed by atoms with van der Waals surface area (Å²) in [6, 6.07) is 20.4. The fourth-order valence-corrected chi connectivity index (χ4v) is 5.65. The Bertz CT molecular complexity index is 1270. The van der Waals surface area contributed by atoms with E-state index in [1.807, 2.05) is 37.3 Å². The number of aryl methyl sites for hydroxylation is 2. The number of rotatable bonds is 7. The average Bonchev–Trinajstić information content (AvgIpc) is 3.42. The minimum Gasteiger partial charge on any atom is -0.494 e. The van der Waals surface area contributed by atoms with E-state index in [4.69, 9.17) is 9.84 Å². The largest absolute Gasteiger partial charge is 0.494 e. The van der Waals surface area contributed by atoms with E-state index < -0.39 is 0 Å². The molecule has 1 amide bonds. The number of hydrogen-bond acceptors (Lipinski definition) is 4. The smallest absolute Gasteiger partial charge is 0.261 e. The van der Waals surface area contributed by atoms with Gasteiger partial charge in [-0.15, -0.1) is 11.3 Å². The quantitative estimate of drug-likeness (QED) is 0.405. The lowest BCUT2D eigenvalue weighted by Gasteiger charge is -2.14. The number of benzene rings is 2. The van der Waals surface area contributed by atoms with Crippen LogP contribution in [0.1, 0.15) is 39.1 Å². The Morgan fingerprint density at radius 3 is 2.67 bits per heavy atom. The van der Waals surface area contributed by atoms with Crippen LogP contribution in [-0.4, -0.2) is 28.8 Å². The third-order valence-corrected chi connectivity index (χ3v) is 7.17. The predicted molar refractivity (Wildman–Crippen MR) is 133 cm³/mol. The highest BCUT2D eigenvalue weighted by molar-refractivity contribution is 7.17. The van der Waals surface area contributed by atoms with E-state index in [2.05, 4.69) is 47.3 Å². The molecule has 0 saturated carbocycles. The second-order valence-corrected chi connectivity index (χ2v) is 9.25. The highest BCUT2D eigenvalue weighted by Crippen LogP contribution is 2.42. The van der Waals surface area contributed by atoms with Gasteiger partial charge in [0.1, 0.15) is 5.75 Å². The normalized spacial score (nSPS) is 12.2. The van der Waals surface area contributed by atoms with Gasteiger partial charge in [0.25, 0.3) is 5.91 Å². The van der Waals surface area contributed by atoms with Crippen LogP contribution >= 0.6 is 11.3 Å². The number of para-hydroxylation sites is 1. The number of carbonyl (C=O) groups excluding carboxylic acids is 1. The molecule has 2 aromatic heterocycles. The molecular weight excluding hydrogens is 430 g/mol. The van der Waals surface area contributed by atoms with Gasteiger partial charge in [-0.2, -0.15) is 5.10 Å². The summed E-state index contributed by atoms with van der Waals surface area (Å²) in [7, 11) is 0. The standard InChI is InChI=1S/C27H27N3O2S/c1-3-32-22-12-9-19(10-13-22)15-16-28-27(31)24-17-20-11-14-23-25(26(20)33-24)18(2)29-30(23)21-7-5-4-6-8-21/h4-10,12-13,17H,3,11,14-16H2,1-2H3,(H,28,31). The van der Waals surface area contributed by atoms with E-state index in [1.165, 1.54) is 27.3 Å². The van der Waals surface area contributed by atoms with E-state index in [9.17, 15) is 4.79 Å². The Kier molecular flexibility index (Phi) is 6.01. The van der Waals surface area contributed by atoms with E-state index in [0.29, 0.717) is 13.2 Å². The number of hydrogen-bond donors (Lipinski definition) is 1. The number of nitrogens with zero attached hydrogens (tertiary/aromatic N) is 2. The first kappa shape index (κ1) is 21.5. The molecule has 6 heteroatoms. The fourth-order valence-electron chi connectivity index (χ4n) is 4.40. The molecular formula is C27H27N3O2S. The summed E-state index contributed by atoms with van der Waals surface area (Å²) in [5, 5.41) is 7.92. The fraction of sp³-hybridized carbons (Fsp3) is 0.259. The molecule has 0 spiro atoms. The molecule has 1 aliphatic rings. The summed E-state index contributed by atoms with van der Waals surface area (Å²) in [5.41, 5.74) is 6.94. The highest BCUT2D eigenvalue weighted by atomic mass is 32.1. The number of carbonyl (C=O) groups is 1. The summed E-state index contributed by atoms with van der Waals surface area (Å²) >= 11 is 1.58. The molecule has 1 N–H and O–H groups in total. The molecule has 5 rings (SSSR count). The summed E-state index contributed by atoms with van der Waals surface area (Å²) < 4.78 is 7.55. The Hall–Kier alpha value is -3.38. The Labute approximate surface area is 198 Å². The van der Waals surface area contributed by atoms with Gasteiger partial charge in [-0.25, -0.2) is 4.68 Å². The van der Waals surface area contributed by atoms with Crippen LogP contribution in [0.25, 0.3) is 16.1 Å². The summed E-state index contributed by atoms with van der Waals surface area (Å²) in [6.07, 6.45) is 2.64. The number of fused-ring (bicyclic) bond motifs is 3. The van der Waals surface area contributed by atoms with Gasteiger partial charge in [0.2, 0.25) is 0 Å². The number of amides is 1. The van der Waals surface area contributed by atoms with Crippen molar-refractivity contribution >= 4 is 17.2 Å². The molecule has 0 aliphatic heterocycles. The van der Waals surface area contributed by atoms with Crippen LogP contribution < -0.4 is 10.1 Å². The topological polar surface area (TPSA) is 56.1 Å². The minimum atomic E-state index is -0.00464. The van der Waals surface area contributed by atoms with Gasteiger partial charge >= 0.3 is 0 Å². The molecule has 0 fully saturated rings. The Balaban J connectivity index is 1.30. The van der Waals surface area contributed by atoms with Gasteiger partial charge < -0.3 is 10.1 Å². The lowest BCUT2D eigenvalue weighted by atomic mass is 9.95. The maximum absolute atomic E-state index is 12.9. The van der Waals surface area contributed by atoms with Crippen molar-refractivity contribution in [3.8, 4) is 21.9 Å². The molecule has 5 nitrogen and oxygen atoms in total. The lowest BCUT2D eigenvalue weighted by molar-refractivity contribution is 0.0958. The monoisotopic (exact) mass is 457 g/mol. The van der Waals surface area contributed by atoms with Gasteiger partial charge in [-0.1, -0.05) is 30.3 Å². The first-order valence-electron chi connectivity index (χ1n) is 11.4. The van der Waals surface area contributed by atoms with Crippen LogP contribution in [0.3, 0.4) is 0 Å². The van der Waals surface area contributed by atoms with E-state index in [0.717, 1.165) is 41.3 Å². The summed E-state index contributed by atoms with van der Waals surface area (Å²) in [6.45, 7) is 5.30. The number of aromatic nitrogens is 2. The molecule has 2 heterocycles. The van der Waals surface area contributed by atoms with Crippen molar-refractivity contribution in [3.63, 3.8) is 0 Å². The zero-order valence-electron chi connectivity index (χ0n) is 18.9. The third kappa shape index (κ3) is 4.31. The summed E-state index contributed by atoms with van der Waals surface area (Å²) in [4.78, 5) is 14.8. The van der Waals surface area contributed by atoms with Crippen LogP contribution in [0.15, 0.2) is 60.7 Å². The minimum absolute atomic E-state index is 0.00464. The van der Waals surface area contributed by atoms with Crippen LogP contribution in [-0.2, 0) is 19.3 Å². The number of ether oxygens (including phenoxy) is 1. The second-order valence-electron chi connectivity index (χ2n) is 8.20. The van der Waals surface area contributed by atoms with Crippen molar-refractivity contribution in [2.24, 2.45) is 0 Å². The van der Waals surface area contributed by atoms with Crippen molar-refractivity contribution in [1.29, 1.82) is 0 Å². The first-order chi connectivity index (χ1) is 16.1. The number of nitrogens with one attached hydrogen (secondary N) is 1. The second kappa shape index (κ2) is 9.24. The predicted octanol–water partition coefficient (Wildman–Crippen LogP) is 5.38. The molecule has 0 radical (unpaired) electrons. The zero-order chi connectivity index (χ0) is 22.8. The Morgan fingerprint density at radius 1 is 1.12 bits per heavy atom. The van der Waals surface area contributed by atoms with Crippen molar-refractivity contribution < 1.29 is 9.53 Å². The first-order valence-corrected chi connectivity index (χ1v) is 12.2. The molecule has 0 saturated heterocycles. The SMILES string of the molecule is CCOc1ccc(CCNC(=O)c2cc3c(s2)-c2c(C)nn(-c4ccccc4)c2CC3)cc1. The van der Waals surface area contributed by atoms with Crippen molar-refractivity contribution in [2.75, 3.05) is 13.2 Å². The molecule has 4 aromatic rings. The van der Waals surface area contributed by atoms with Crippen molar-refractivity contribution in [3.05, 3.63) is 88.1 Å². The van der Waals surface area contributed by atoms with E-state index in [-0.39, 0.29) is 5.91 Å². The molecule has 0 atom stereocenters. The molecule has 168 valence electrons. The Morgan fingerprint density at radius 2 is 1.91 bits per heavy atom. The van der Waals surface area contributed by atoms with Gasteiger partial charge in [0.15, 0.2) is 0 Å². The lowest BCUT2D eigenvalue weighted by Crippen LogP contribution is -2.24. The van der Waals surface area contributed by atoms with Crippen LogP contribution in [0.2, 0.25) is 0 Å². The zero-order valence-corrected chi connectivity index (χ0v) is 19.7. The van der Waals surface area contributed by atoms with Crippen molar-refractivity contribution in [1.82, 2.24) is 15.1 Å². The van der Waals surface area contributed by atoms with E-state index in [1.54, 1.807) is 11.3 Å². The van der Waals surface area contributed by atoms with Crippen LogP contribution in [0.4, 0.5) is 0 Å². The van der Waals surface area contributed by atoms with Crippen LogP contribution in [0, 0.1) is 6.92 Å². The maximum atomic E-state index is 12.9. The van der Waals surface area contributed by atoms with Gasteiger partial charge in [-0.3, -0.25) is 4.79 Å². The maximum Gasteiger partial charge on any atom is 0.261 e. The third-order valence-electron chi connectivity index (χ3n) is 5.98. The van der Waals surface area contributed by atoms with Gasteiger partial charge in [0, 0.05) is 17.0 Å².